The second-order valence-corrected chi connectivity index (χ2v) is 4.69. The summed E-state index contributed by atoms with van der Waals surface area (Å²) in [6.07, 6.45) is -0.0927. The van der Waals surface area contributed by atoms with Gasteiger partial charge in [-0.1, -0.05) is 12.1 Å². The highest BCUT2D eigenvalue weighted by Gasteiger charge is 2.19. The Morgan fingerprint density at radius 1 is 1.40 bits per heavy atom. The van der Waals surface area contributed by atoms with Gasteiger partial charge in [-0.2, -0.15) is 0 Å². The smallest absolute Gasteiger partial charge is 0.246 e. The molecule has 0 atom stereocenters. The van der Waals surface area contributed by atoms with Gasteiger partial charge in [0.1, 0.15) is 0 Å². The predicted octanol–water partition coefficient (Wildman–Crippen LogP) is 3.28. The molecule has 0 fully saturated rings. The molecule has 1 aromatic carbocycles. The molecule has 2 N–H and O–H groups in total. The fourth-order valence-corrected chi connectivity index (χ4v) is 2.22. The maximum atomic E-state index is 12.5. The first-order valence-corrected chi connectivity index (χ1v) is 5.79. The van der Waals surface area contributed by atoms with Gasteiger partial charge in [0.25, 0.3) is 0 Å². The topological polar surface area (TPSA) is 26.0 Å². The van der Waals surface area contributed by atoms with E-state index < -0.39 is 5.92 Å². The van der Waals surface area contributed by atoms with Crippen molar-refractivity contribution in [1.82, 2.24) is 0 Å². The van der Waals surface area contributed by atoms with Crippen LogP contribution in [0.5, 0.6) is 0 Å². The van der Waals surface area contributed by atoms with Gasteiger partial charge in [-0.25, -0.2) is 8.78 Å². The van der Waals surface area contributed by atoms with Crippen LogP contribution in [0.3, 0.4) is 0 Å². The first kappa shape index (κ1) is 12.5. The van der Waals surface area contributed by atoms with E-state index in [9.17, 15) is 8.78 Å². The third-order valence-electron chi connectivity index (χ3n) is 1.94. The zero-order valence-corrected chi connectivity index (χ0v) is 9.49. The normalized spacial score (nSPS) is 11.7. The molecule has 0 spiro atoms. The fraction of sp³-hybridized carbons (Fsp3) is 0.455. The number of halogens is 2. The van der Waals surface area contributed by atoms with Crippen LogP contribution in [0.25, 0.3) is 0 Å². The molecular weight excluding hydrogens is 216 g/mol. The van der Waals surface area contributed by atoms with E-state index in [1.54, 1.807) is 0 Å². The third kappa shape index (κ3) is 5.14. The van der Waals surface area contributed by atoms with Crippen molar-refractivity contribution >= 4 is 11.8 Å². The van der Waals surface area contributed by atoms with Gasteiger partial charge in [0.2, 0.25) is 5.92 Å². The van der Waals surface area contributed by atoms with E-state index in [0.29, 0.717) is 12.3 Å². The first-order valence-electron chi connectivity index (χ1n) is 4.81. The van der Waals surface area contributed by atoms with E-state index in [1.807, 2.05) is 24.3 Å². The van der Waals surface area contributed by atoms with Crippen molar-refractivity contribution in [3.63, 3.8) is 0 Å². The van der Waals surface area contributed by atoms with E-state index in [0.717, 1.165) is 17.4 Å². The molecule has 1 rings (SSSR count). The van der Waals surface area contributed by atoms with E-state index in [4.69, 9.17) is 5.73 Å². The van der Waals surface area contributed by atoms with Crippen molar-refractivity contribution in [3.05, 3.63) is 29.8 Å². The summed E-state index contributed by atoms with van der Waals surface area (Å²) in [4.78, 5) is 1.00. The van der Waals surface area contributed by atoms with Crippen LogP contribution in [0.4, 0.5) is 8.78 Å². The summed E-state index contributed by atoms with van der Waals surface area (Å²) in [6, 6.07) is 7.68. The van der Waals surface area contributed by atoms with Gasteiger partial charge in [0.15, 0.2) is 0 Å². The highest BCUT2D eigenvalue weighted by molar-refractivity contribution is 7.99. The molecule has 0 saturated carbocycles. The summed E-state index contributed by atoms with van der Waals surface area (Å²) in [6.45, 7) is 1.43. The summed E-state index contributed by atoms with van der Waals surface area (Å²) >= 11 is 1.44. The van der Waals surface area contributed by atoms with E-state index in [2.05, 4.69) is 0 Å². The van der Waals surface area contributed by atoms with Gasteiger partial charge >= 0.3 is 0 Å². The quantitative estimate of drug-likeness (QED) is 0.787. The monoisotopic (exact) mass is 231 g/mol. The zero-order valence-electron chi connectivity index (χ0n) is 8.67. The van der Waals surface area contributed by atoms with Gasteiger partial charge in [-0.05, 0) is 24.6 Å². The lowest BCUT2D eigenvalue weighted by Gasteiger charge is -2.09. The lowest BCUT2D eigenvalue weighted by Crippen LogP contribution is -2.10. The van der Waals surface area contributed by atoms with Crippen LogP contribution in [-0.4, -0.2) is 11.7 Å². The Labute approximate surface area is 93.1 Å². The Morgan fingerprint density at radius 3 is 2.73 bits per heavy atom. The predicted molar refractivity (Wildman–Crippen MR) is 60.3 cm³/mol. The van der Waals surface area contributed by atoms with Crippen molar-refractivity contribution in [3.8, 4) is 0 Å². The second-order valence-electron chi connectivity index (χ2n) is 3.52. The van der Waals surface area contributed by atoms with Crippen molar-refractivity contribution in [2.45, 2.75) is 30.7 Å². The van der Waals surface area contributed by atoms with Gasteiger partial charge < -0.3 is 5.73 Å². The van der Waals surface area contributed by atoms with Crippen LogP contribution in [0.2, 0.25) is 0 Å². The van der Waals surface area contributed by atoms with E-state index in [1.165, 1.54) is 11.8 Å². The maximum Gasteiger partial charge on any atom is 0.246 e. The third-order valence-corrected chi connectivity index (χ3v) is 2.94. The summed E-state index contributed by atoms with van der Waals surface area (Å²) in [5, 5.41) is 0. The Kier molecular flexibility index (Phi) is 4.54. The summed E-state index contributed by atoms with van der Waals surface area (Å²) < 4.78 is 25.1. The fourth-order valence-electron chi connectivity index (χ4n) is 1.11. The first-order chi connectivity index (χ1) is 7.01. The average Bonchev–Trinajstić information content (AvgIpc) is 2.16. The maximum absolute atomic E-state index is 12.5. The Hall–Kier alpha value is -0.610. The van der Waals surface area contributed by atoms with Crippen LogP contribution >= 0.6 is 11.8 Å². The standard InChI is InChI=1S/C11H15F2NS/c1-11(12,13)5-6-15-10-4-2-3-9(7-10)8-14/h2-4,7H,5-6,8,14H2,1H3. The molecule has 0 aliphatic heterocycles. The lowest BCUT2D eigenvalue weighted by molar-refractivity contribution is 0.0194. The van der Waals surface area contributed by atoms with E-state index >= 15 is 0 Å². The number of benzene rings is 1. The minimum Gasteiger partial charge on any atom is -0.326 e. The molecule has 1 nitrogen and oxygen atoms in total. The molecule has 0 aliphatic rings. The van der Waals surface area contributed by atoms with Crippen molar-refractivity contribution in [2.24, 2.45) is 5.73 Å². The van der Waals surface area contributed by atoms with Crippen LogP contribution in [-0.2, 0) is 6.54 Å². The molecule has 0 radical (unpaired) electrons. The molecule has 1 aromatic rings. The van der Waals surface area contributed by atoms with E-state index in [-0.39, 0.29) is 6.42 Å². The Bertz CT molecular complexity index is 310. The number of hydrogen-bond donors (Lipinski definition) is 1. The molecule has 0 saturated heterocycles. The molecule has 0 bridgehead atoms. The molecule has 15 heavy (non-hydrogen) atoms. The van der Waals surface area contributed by atoms with Crippen molar-refractivity contribution in [1.29, 1.82) is 0 Å². The molecule has 0 heterocycles. The largest absolute Gasteiger partial charge is 0.326 e. The molecule has 4 heteroatoms. The summed E-state index contributed by atoms with van der Waals surface area (Å²) in [7, 11) is 0. The van der Waals surface area contributed by atoms with Crippen LogP contribution in [0.1, 0.15) is 18.9 Å². The molecule has 84 valence electrons. The zero-order chi connectivity index (χ0) is 11.3. The second kappa shape index (κ2) is 5.47. The molecular formula is C11H15F2NS. The highest BCUT2D eigenvalue weighted by Crippen LogP contribution is 2.25. The Balaban J connectivity index is 2.44. The molecule has 0 unspecified atom stereocenters. The van der Waals surface area contributed by atoms with Gasteiger partial charge in [0.05, 0.1) is 0 Å². The van der Waals surface area contributed by atoms with Crippen LogP contribution in [0.15, 0.2) is 29.2 Å². The molecule has 0 aliphatic carbocycles. The summed E-state index contributed by atoms with van der Waals surface area (Å²) in [5.74, 6) is -2.14. The number of thioether (sulfide) groups is 1. The van der Waals surface area contributed by atoms with Gasteiger partial charge in [-0.3, -0.25) is 0 Å². The Morgan fingerprint density at radius 2 is 2.13 bits per heavy atom. The minimum absolute atomic E-state index is 0.0927. The molecule has 0 aromatic heterocycles. The average molecular weight is 231 g/mol. The summed E-state index contributed by atoms with van der Waals surface area (Å²) in [5.41, 5.74) is 6.52. The number of rotatable bonds is 5. The number of hydrogen-bond acceptors (Lipinski definition) is 2. The van der Waals surface area contributed by atoms with Crippen LogP contribution in [0, 0.1) is 0 Å². The molecule has 0 amide bonds. The van der Waals surface area contributed by atoms with Gasteiger partial charge in [-0.15, -0.1) is 11.8 Å². The van der Waals surface area contributed by atoms with Gasteiger partial charge in [0, 0.05) is 23.6 Å². The van der Waals surface area contributed by atoms with Crippen molar-refractivity contribution in [2.75, 3.05) is 5.75 Å². The van der Waals surface area contributed by atoms with Crippen LogP contribution < -0.4 is 5.73 Å². The number of nitrogens with two attached hydrogens (primary N) is 1. The highest BCUT2D eigenvalue weighted by atomic mass is 32.2. The number of alkyl halides is 2. The minimum atomic E-state index is -2.57. The lowest BCUT2D eigenvalue weighted by atomic mass is 10.2. The van der Waals surface area contributed by atoms with Crippen molar-refractivity contribution < 1.29 is 8.78 Å². The SMILES string of the molecule is CC(F)(F)CCSc1cccc(CN)c1.